The Bertz CT molecular complexity index is 482. The Hall–Kier alpha value is -1.41. The van der Waals surface area contributed by atoms with Gasteiger partial charge >= 0.3 is 0 Å². The van der Waals surface area contributed by atoms with Gasteiger partial charge in [0.05, 0.1) is 0 Å². The number of aromatic nitrogens is 1. The van der Waals surface area contributed by atoms with Crippen molar-refractivity contribution >= 4 is 10.8 Å². The van der Waals surface area contributed by atoms with Crippen LogP contribution in [0.1, 0.15) is 30.9 Å². The van der Waals surface area contributed by atoms with Crippen LogP contribution in [0, 0.1) is 0 Å². The zero-order valence-corrected chi connectivity index (χ0v) is 9.32. The summed E-state index contributed by atoms with van der Waals surface area (Å²) >= 11 is 0. The van der Waals surface area contributed by atoms with Crippen LogP contribution in [0.5, 0.6) is 0 Å². The van der Waals surface area contributed by atoms with Crippen LogP contribution in [0.25, 0.3) is 10.8 Å². The third kappa shape index (κ3) is 1.69. The molecule has 16 heavy (non-hydrogen) atoms. The lowest BCUT2D eigenvalue weighted by Gasteiger charge is -2.24. The highest BCUT2D eigenvalue weighted by atomic mass is 14.9. The zero-order chi connectivity index (χ0) is 10.8. The summed E-state index contributed by atoms with van der Waals surface area (Å²) in [5, 5.41) is 6.19. The molecule has 1 saturated heterocycles. The van der Waals surface area contributed by atoms with E-state index in [1.807, 2.05) is 12.4 Å². The van der Waals surface area contributed by atoms with E-state index in [0.717, 1.165) is 6.54 Å². The molecule has 1 N–H and O–H groups in total. The molecule has 0 radical (unpaired) electrons. The molecule has 0 amide bonds. The Morgan fingerprint density at radius 2 is 2.19 bits per heavy atom. The van der Waals surface area contributed by atoms with E-state index in [-0.39, 0.29) is 0 Å². The van der Waals surface area contributed by atoms with Gasteiger partial charge in [0.25, 0.3) is 0 Å². The fraction of sp³-hybridized carbons (Fsp3) is 0.357. The fourth-order valence-corrected chi connectivity index (χ4v) is 2.56. The standard InChI is InChI=1S/C14H16N2/c1-2-8-16-14(6-1)12-5-3-4-11-7-9-15-10-13(11)12/h3-5,7,9-10,14,16H,1-2,6,8H2. The number of benzene rings is 1. The zero-order valence-electron chi connectivity index (χ0n) is 9.32. The Labute approximate surface area is 95.7 Å². The molecule has 0 spiro atoms. The lowest BCUT2D eigenvalue weighted by molar-refractivity contribution is 0.414. The van der Waals surface area contributed by atoms with Gasteiger partial charge in [0, 0.05) is 23.8 Å². The summed E-state index contributed by atoms with van der Waals surface area (Å²) in [5.74, 6) is 0. The first-order chi connectivity index (χ1) is 7.95. The van der Waals surface area contributed by atoms with Gasteiger partial charge in [-0.3, -0.25) is 4.98 Å². The molecule has 82 valence electrons. The van der Waals surface area contributed by atoms with Crippen molar-refractivity contribution in [1.82, 2.24) is 10.3 Å². The lowest BCUT2D eigenvalue weighted by atomic mass is 9.94. The molecule has 0 aliphatic carbocycles. The van der Waals surface area contributed by atoms with E-state index in [9.17, 15) is 0 Å². The number of nitrogens with one attached hydrogen (secondary N) is 1. The van der Waals surface area contributed by atoms with Crippen LogP contribution in [-0.4, -0.2) is 11.5 Å². The molecule has 2 nitrogen and oxygen atoms in total. The molecular formula is C14H16N2. The predicted octanol–water partition coefficient (Wildman–Crippen LogP) is 3.05. The van der Waals surface area contributed by atoms with Crippen molar-refractivity contribution in [2.75, 3.05) is 6.54 Å². The van der Waals surface area contributed by atoms with Crippen molar-refractivity contribution in [3.63, 3.8) is 0 Å². The van der Waals surface area contributed by atoms with Crippen LogP contribution in [0.3, 0.4) is 0 Å². The van der Waals surface area contributed by atoms with E-state index in [4.69, 9.17) is 0 Å². The van der Waals surface area contributed by atoms with E-state index in [1.165, 1.54) is 35.6 Å². The SMILES string of the molecule is c1cc(C2CCCCN2)c2cnccc2c1. The van der Waals surface area contributed by atoms with Crippen LogP contribution in [0.15, 0.2) is 36.7 Å². The highest BCUT2D eigenvalue weighted by Crippen LogP contribution is 2.28. The summed E-state index contributed by atoms with van der Waals surface area (Å²) < 4.78 is 0. The number of nitrogens with zero attached hydrogens (tertiary/aromatic N) is 1. The second kappa shape index (κ2) is 4.22. The maximum Gasteiger partial charge on any atom is 0.0349 e. The summed E-state index contributed by atoms with van der Waals surface area (Å²) in [5.41, 5.74) is 1.41. The van der Waals surface area contributed by atoms with Crippen molar-refractivity contribution in [3.8, 4) is 0 Å². The van der Waals surface area contributed by atoms with Crippen molar-refractivity contribution in [3.05, 3.63) is 42.2 Å². The molecule has 2 heterocycles. The average molecular weight is 212 g/mol. The van der Waals surface area contributed by atoms with Gasteiger partial charge in [-0.2, -0.15) is 0 Å². The van der Waals surface area contributed by atoms with Crippen molar-refractivity contribution in [2.24, 2.45) is 0 Å². The number of rotatable bonds is 1. The molecule has 1 aromatic carbocycles. The van der Waals surface area contributed by atoms with Gasteiger partial charge in [-0.05, 0) is 36.4 Å². The van der Waals surface area contributed by atoms with E-state index < -0.39 is 0 Å². The maximum atomic E-state index is 4.24. The molecule has 1 aliphatic heterocycles. The summed E-state index contributed by atoms with van der Waals surface area (Å²) in [6, 6.07) is 9.13. The minimum atomic E-state index is 0.515. The van der Waals surface area contributed by atoms with Crippen LogP contribution in [0.4, 0.5) is 0 Å². The van der Waals surface area contributed by atoms with E-state index >= 15 is 0 Å². The Balaban J connectivity index is 2.08. The van der Waals surface area contributed by atoms with Gasteiger partial charge in [-0.25, -0.2) is 0 Å². The third-order valence-corrected chi connectivity index (χ3v) is 3.40. The van der Waals surface area contributed by atoms with Crippen molar-refractivity contribution < 1.29 is 0 Å². The van der Waals surface area contributed by atoms with Gasteiger partial charge < -0.3 is 5.32 Å². The van der Waals surface area contributed by atoms with Gasteiger partial charge in [0.2, 0.25) is 0 Å². The lowest BCUT2D eigenvalue weighted by Crippen LogP contribution is -2.26. The third-order valence-electron chi connectivity index (χ3n) is 3.40. The van der Waals surface area contributed by atoms with E-state index in [2.05, 4.69) is 34.6 Å². The molecule has 1 aliphatic rings. The monoisotopic (exact) mass is 212 g/mol. The Kier molecular flexibility index (Phi) is 2.58. The normalized spacial score (nSPS) is 21.1. The average Bonchev–Trinajstić information content (AvgIpc) is 2.39. The van der Waals surface area contributed by atoms with Crippen LogP contribution < -0.4 is 5.32 Å². The number of piperidine rings is 1. The molecule has 2 heteroatoms. The summed E-state index contributed by atoms with van der Waals surface area (Å²) in [4.78, 5) is 4.24. The fourth-order valence-electron chi connectivity index (χ4n) is 2.56. The number of hydrogen-bond acceptors (Lipinski definition) is 2. The highest BCUT2D eigenvalue weighted by molar-refractivity contribution is 5.85. The van der Waals surface area contributed by atoms with Gasteiger partial charge in [0.1, 0.15) is 0 Å². The molecule has 3 rings (SSSR count). The number of hydrogen-bond donors (Lipinski definition) is 1. The molecule has 2 aromatic rings. The summed E-state index contributed by atoms with van der Waals surface area (Å²) in [6.07, 6.45) is 7.73. The molecule has 1 aromatic heterocycles. The van der Waals surface area contributed by atoms with Crippen molar-refractivity contribution in [2.45, 2.75) is 25.3 Å². The molecule has 0 bridgehead atoms. The van der Waals surface area contributed by atoms with Crippen LogP contribution in [0.2, 0.25) is 0 Å². The van der Waals surface area contributed by atoms with Gasteiger partial charge in [-0.1, -0.05) is 24.6 Å². The van der Waals surface area contributed by atoms with Crippen LogP contribution >= 0.6 is 0 Å². The largest absolute Gasteiger partial charge is 0.310 e. The van der Waals surface area contributed by atoms with Crippen molar-refractivity contribution in [1.29, 1.82) is 0 Å². The maximum absolute atomic E-state index is 4.24. The molecule has 1 fully saturated rings. The van der Waals surface area contributed by atoms with Gasteiger partial charge in [-0.15, -0.1) is 0 Å². The topological polar surface area (TPSA) is 24.9 Å². The first kappa shape index (κ1) is 9.79. The number of pyridine rings is 1. The number of fused-ring (bicyclic) bond motifs is 1. The Morgan fingerprint density at radius 3 is 3.06 bits per heavy atom. The first-order valence-corrected chi connectivity index (χ1v) is 6.01. The summed E-state index contributed by atoms with van der Waals surface area (Å²) in [6.45, 7) is 1.14. The smallest absolute Gasteiger partial charge is 0.0349 e. The molecule has 1 unspecified atom stereocenters. The summed E-state index contributed by atoms with van der Waals surface area (Å²) in [7, 11) is 0. The Morgan fingerprint density at radius 1 is 1.19 bits per heavy atom. The van der Waals surface area contributed by atoms with E-state index in [0.29, 0.717) is 6.04 Å². The molecular weight excluding hydrogens is 196 g/mol. The minimum Gasteiger partial charge on any atom is -0.310 e. The quantitative estimate of drug-likeness (QED) is 0.786. The second-order valence-electron chi connectivity index (χ2n) is 4.45. The molecule has 0 saturated carbocycles. The molecule has 1 atom stereocenters. The first-order valence-electron chi connectivity index (χ1n) is 6.01. The van der Waals surface area contributed by atoms with E-state index in [1.54, 1.807) is 0 Å². The van der Waals surface area contributed by atoms with Crippen LogP contribution in [-0.2, 0) is 0 Å². The highest BCUT2D eigenvalue weighted by Gasteiger charge is 2.16. The van der Waals surface area contributed by atoms with Gasteiger partial charge in [0.15, 0.2) is 0 Å². The second-order valence-corrected chi connectivity index (χ2v) is 4.45. The minimum absolute atomic E-state index is 0.515. The predicted molar refractivity (Wildman–Crippen MR) is 66.3 cm³/mol.